The van der Waals surface area contributed by atoms with Crippen molar-refractivity contribution in [2.45, 2.75) is 26.7 Å². The lowest BCUT2D eigenvalue weighted by Crippen LogP contribution is -2.42. The first-order valence-electron chi connectivity index (χ1n) is 9.98. The van der Waals surface area contributed by atoms with Gasteiger partial charge in [-0.05, 0) is 38.8 Å². The van der Waals surface area contributed by atoms with Crippen LogP contribution in [0.3, 0.4) is 0 Å². The summed E-state index contributed by atoms with van der Waals surface area (Å²) in [5.74, 6) is 0.0904. The van der Waals surface area contributed by atoms with Gasteiger partial charge in [0.2, 0.25) is 21.8 Å². The summed E-state index contributed by atoms with van der Waals surface area (Å²) in [4.78, 5) is 27.2. The van der Waals surface area contributed by atoms with Gasteiger partial charge < -0.3 is 15.0 Å². The maximum Gasteiger partial charge on any atom is 0.236 e. The summed E-state index contributed by atoms with van der Waals surface area (Å²) in [6, 6.07) is 5.23. The average Bonchev–Trinajstić information content (AvgIpc) is 2.78. The summed E-state index contributed by atoms with van der Waals surface area (Å²) in [5.41, 5.74) is 0.541. The molecule has 0 saturated carbocycles. The van der Waals surface area contributed by atoms with E-state index >= 15 is 0 Å². The highest BCUT2D eigenvalue weighted by molar-refractivity contribution is 7.88. The van der Waals surface area contributed by atoms with Gasteiger partial charge >= 0.3 is 0 Å². The van der Waals surface area contributed by atoms with Crippen molar-refractivity contribution < 1.29 is 22.7 Å². The third-order valence-electron chi connectivity index (χ3n) is 5.54. The second-order valence-corrected chi connectivity index (χ2v) is 10.5. The highest BCUT2D eigenvalue weighted by Crippen LogP contribution is 2.38. The van der Waals surface area contributed by atoms with Crippen molar-refractivity contribution in [3.63, 3.8) is 0 Å². The minimum absolute atomic E-state index is 0.0458. The Morgan fingerprint density at radius 3 is 2.60 bits per heavy atom. The third-order valence-corrected chi connectivity index (χ3v) is 6.84. The highest BCUT2D eigenvalue weighted by Gasteiger charge is 2.37. The molecule has 3 rings (SSSR count). The lowest BCUT2D eigenvalue weighted by atomic mass is 9.93. The summed E-state index contributed by atoms with van der Waals surface area (Å²) in [7, 11) is -3.23. The smallest absolute Gasteiger partial charge is 0.236 e. The van der Waals surface area contributed by atoms with E-state index in [0.29, 0.717) is 49.6 Å². The second kappa shape index (κ2) is 8.39. The van der Waals surface area contributed by atoms with Gasteiger partial charge in [-0.2, -0.15) is 0 Å². The van der Waals surface area contributed by atoms with Crippen LogP contribution in [-0.4, -0.2) is 57.0 Å². The number of ether oxygens (including phenoxy) is 1. The molecule has 8 nitrogen and oxygen atoms in total. The Kier molecular flexibility index (Phi) is 6.24. The number of nitrogens with one attached hydrogen (secondary N) is 1. The number of carbonyl (C=O) groups excluding carboxylic acids is 2. The lowest BCUT2D eigenvalue weighted by Gasteiger charge is -2.29. The fourth-order valence-corrected chi connectivity index (χ4v) is 4.60. The van der Waals surface area contributed by atoms with Crippen LogP contribution in [0.5, 0.6) is 5.75 Å². The predicted octanol–water partition coefficient (Wildman–Crippen LogP) is 2.23. The number of hydrogen-bond acceptors (Lipinski definition) is 5. The van der Waals surface area contributed by atoms with Crippen molar-refractivity contribution in [2.75, 3.05) is 42.7 Å². The van der Waals surface area contributed by atoms with Gasteiger partial charge in [-0.25, -0.2) is 12.7 Å². The molecule has 1 saturated heterocycles. The molecule has 1 fully saturated rings. The Labute approximate surface area is 177 Å². The number of anilines is 2. The molecule has 2 aliphatic rings. The first-order valence-corrected chi connectivity index (χ1v) is 11.8. The molecule has 2 aliphatic heterocycles. The van der Waals surface area contributed by atoms with Gasteiger partial charge in [0.25, 0.3) is 0 Å². The van der Waals surface area contributed by atoms with Gasteiger partial charge in [0.1, 0.15) is 12.4 Å². The molecular formula is C21H29N3O5S. The lowest BCUT2D eigenvalue weighted by molar-refractivity contribution is -0.127. The number of rotatable bonds is 5. The fraction of sp³-hybridized carbons (Fsp3) is 0.524. The van der Waals surface area contributed by atoms with Crippen molar-refractivity contribution in [2.24, 2.45) is 11.3 Å². The van der Waals surface area contributed by atoms with Crippen LogP contribution >= 0.6 is 0 Å². The molecule has 0 bridgehead atoms. The molecule has 2 amide bonds. The van der Waals surface area contributed by atoms with E-state index in [0.717, 1.165) is 0 Å². The van der Waals surface area contributed by atoms with E-state index in [-0.39, 0.29) is 24.3 Å². The average molecular weight is 436 g/mol. The predicted molar refractivity (Wildman–Crippen MR) is 116 cm³/mol. The minimum atomic E-state index is -3.23. The zero-order chi connectivity index (χ0) is 22.1. The third kappa shape index (κ3) is 4.67. The molecule has 2 heterocycles. The fourth-order valence-electron chi connectivity index (χ4n) is 3.73. The molecule has 0 aromatic heterocycles. The van der Waals surface area contributed by atoms with Crippen LogP contribution in [0.15, 0.2) is 30.9 Å². The number of carbonyl (C=O) groups is 2. The number of fused-ring (bicyclic) bond motifs is 1. The molecule has 0 spiro atoms. The first-order chi connectivity index (χ1) is 14.0. The van der Waals surface area contributed by atoms with E-state index in [1.807, 2.05) is 13.8 Å². The van der Waals surface area contributed by atoms with Crippen molar-refractivity contribution in [3.8, 4) is 5.75 Å². The molecule has 30 heavy (non-hydrogen) atoms. The van der Waals surface area contributed by atoms with Gasteiger partial charge in [0, 0.05) is 37.3 Å². The first kappa shape index (κ1) is 22.3. The van der Waals surface area contributed by atoms with Crippen LogP contribution in [0.1, 0.15) is 26.7 Å². The normalized spacial score (nSPS) is 20.1. The number of nitrogens with zero attached hydrogens (tertiary/aromatic N) is 2. The van der Waals surface area contributed by atoms with E-state index in [4.69, 9.17) is 4.74 Å². The van der Waals surface area contributed by atoms with Gasteiger partial charge in [-0.1, -0.05) is 6.08 Å². The zero-order valence-corrected chi connectivity index (χ0v) is 18.5. The Morgan fingerprint density at radius 2 is 2.00 bits per heavy atom. The Bertz CT molecular complexity index is 949. The van der Waals surface area contributed by atoms with Crippen molar-refractivity contribution in [1.29, 1.82) is 0 Å². The molecule has 9 heteroatoms. The molecule has 0 aliphatic carbocycles. The van der Waals surface area contributed by atoms with Crippen LogP contribution in [0.2, 0.25) is 0 Å². The Hall–Kier alpha value is -2.39. The van der Waals surface area contributed by atoms with E-state index < -0.39 is 15.4 Å². The number of sulfonamides is 1. The summed E-state index contributed by atoms with van der Waals surface area (Å²) in [6.45, 7) is 8.69. The maximum atomic E-state index is 12.9. The van der Waals surface area contributed by atoms with Crippen LogP contribution in [0.4, 0.5) is 11.4 Å². The number of benzene rings is 1. The van der Waals surface area contributed by atoms with Crippen LogP contribution in [-0.2, 0) is 19.6 Å². The van der Waals surface area contributed by atoms with E-state index in [1.54, 1.807) is 29.2 Å². The molecule has 0 radical (unpaired) electrons. The Morgan fingerprint density at radius 1 is 1.33 bits per heavy atom. The zero-order valence-electron chi connectivity index (χ0n) is 17.7. The maximum absolute atomic E-state index is 12.9. The largest absolute Gasteiger partial charge is 0.490 e. The summed E-state index contributed by atoms with van der Waals surface area (Å²) < 4.78 is 30.6. The Balaban J connectivity index is 1.74. The summed E-state index contributed by atoms with van der Waals surface area (Å²) in [6.07, 6.45) is 3.82. The molecule has 164 valence electrons. The molecule has 0 unspecified atom stereocenters. The number of hydrogen-bond donors (Lipinski definition) is 1. The second-order valence-electron chi connectivity index (χ2n) is 8.49. The van der Waals surface area contributed by atoms with Gasteiger partial charge in [0.15, 0.2) is 0 Å². The minimum Gasteiger partial charge on any atom is -0.490 e. The molecule has 1 aromatic rings. The topological polar surface area (TPSA) is 96.0 Å². The van der Waals surface area contributed by atoms with Crippen molar-refractivity contribution in [3.05, 3.63) is 30.9 Å². The molecule has 1 aromatic carbocycles. The monoisotopic (exact) mass is 435 g/mol. The van der Waals surface area contributed by atoms with E-state index in [9.17, 15) is 18.0 Å². The number of amides is 2. The van der Waals surface area contributed by atoms with Crippen molar-refractivity contribution in [1.82, 2.24) is 4.31 Å². The van der Waals surface area contributed by atoms with Gasteiger partial charge in [-0.15, -0.1) is 6.58 Å². The number of piperidine rings is 1. The van der Waals surface area contributed by atoms with Gasteiger partial charge in [0.05, 0.1) is 17.4 Å². The molecular weight excluding hydrogens is 406 g/mol. The summed E-state index contributed by atoms with van der Waals surface area (Å²) in [5, 5.41) is 2.90. The van der Waals surface area contributed by atoms with E-state index in [1.165, 1.54) is 10.6 Å². The summed E-state index contributed by atoms with van der Waals surface area (Å²) >= 11 is 0. The SMILES string of the molecule is C=CCN1C(=O)C(C)(C)COc2cc(NC(=O)C3CCN(S(C)(=O)=O)CC3)ccc21. The van der Waals surface area contributed by atoms with Gasteiger partial charge in [-0.3, -0.25) is 9.59 Å². The van der Waals surface area contributed by atoms with Crippen LogP contribution in [0, 0.1) is 11.3 Å². The molecule has 0 atom stereocenters. The highest BCUT2D eigenvalue weighted by atomic mass is 32.2. The quantitative estimate of drug-likeness (QED) is 0.716. The van der Waals surface area contributed by atoms with Crippen LogP contribution < -0.4 is 15.0 Å². The van der Waals surface area contributed by atoms with Crippen LogP contribution in [0.25, 0.3) is 0 Å². The molecule has 1 N–H and O–H groups in total. The standard InChI is InChI=1S/C21H29N3O5S/c1-5-10-24-17-7-6-16(13-18(17)29-14-21(2,3)20(24)26)22-19(25)15-8-11-23(12-9-15)30(4,27)28/h5-7,13,15H,1,8-12,14H2,2-4H3,(H,22,25). The van der Waals surface area contributed by atoms with Crippen molar-refractivity contribution >= 4 is 33.2 Å². The van der Waals surface area contributed by atoms with E-state index in [2.05, 4.69) is 11.9 Å².